The van der Waals surface area contributed by atoms with Crippen molar-refractivity contribution in [3.8, 4) is 11.5 Å². The van der Waals surface area contributed by atoms with Crippen molar-refractivity contribution < 1.29 is 14.3 Å². The Labute approximate surface area is 203 Å². The molecule has 1 heterocycles. The van der Waals surface area contributed by atoms with E-state index in [-0.39, 0.29) is 5.91 Å². The van der Waals surface area contributed by atoms with Gasteiger partial charge in [-0.15, -0.1) is 16.8 Å². The van der Waals surface area contributed by atoms with Crippen LogP contribution < -0.4 is 20.2 Å². The van der Waals surface area contributed by atoms with Crippen LogP contribution in [-0.4, -0.2) is 46.4 Å². The third-order valence-corrected chi connectivity index (χ3v) is 5.86. The number of aromatic nitrogens is 3. The molecule has 3 aromatic rings. The summed E-state index contributed by atoms with van der Waals surface area (Å²) in [5, 5.41) is 16.2. The van der Waals surface area contributed by atoms with Gasteiger partial charge in [0.25, 0.3) is 5.91 Å². The number of amides is 1. The second-order valence-corrected chi connectivity index (χ2v) is 8.43. The van der Waals surface area contributed by atoms with E-state index in [0.29, 0.717) is 29.7 Å². The van der Waals surface area contributed by atoms with Gasteiger partial charge < -0.3 is 19.4 Å². The van der Waals surface area contributed by atoms with Crippen molar-refractivity contribution >= 4 is 29.6 Å². The van der Waals surface area contributed by atoms with Crippen LogP contribution in [-0.2, 0) is 17.9 Å². The van der Waals surface area contributed by atoms with Crippen LogP contribution in [0.3, 0.4) is 0 Å². The first kappa shape index (κ1) is 24.8. The first-order valence-corrected chi connectivity index (χ1v) is 11.5. The molecule has 1 amide bonds. The van der Waals surface area contributed by atoms with E-state index in [2.05, 4.69) is 32.6 Å². The molecule has 1 atom stereocenters. The average molecular weight is 481 g/mol. The Balaban J connectivity index is 1.60. The van der Waals surface area contributed by atoms with E-state index < -0.39 is 5.25 Å². The highest BCUT2D eigenvalue weighted by Crippen LogP contribution is 2.27. The summed E-state index contributed by atoms with van der Waals surface area (Å²) in [5.74, 6) is 1.71. The predicted octanol–water partition coefficient (Wildman–Crippen LogP) is 3.72. The zero-order chi connectivity index (χ0) is 24.3. The maximum atomic E-state index is 12.6. The van der Waals surface area contributed by atoms with E-state index >= 15 is 0 Å². The number of allylic oxidation sites excluding steroid dienone is 1. The molecule has 2 aromatic carbocycles. The van der Waals surface area contributed by atoms with Crippen molar-refractivity contribution in [2.24, 2.45) is 5.10 Å². The maximum Gasteiger partial charge on any atom is 0.253 e. The fourth-order valence-corrected chi connectivity index (χ4v) is 3.86. The van der Waals surface area contributed by atoms with E-state index in [1.54, 1.807) is 45.6 Å². The number of para-hydroxylation sites is 1. The zero-order valence-corrected chi connectivity index (χ0v) is 20.2. The topological polar surface area (TPSA) is 103 Å². The fourth-order valence-electron chi connectivity index (χ4n) is 2.99. The molecule has 34 heavy (non-hydrogen) atoms. The number of rotatable bonds is 12. The molecule has 0 aliphatic carbocycles. The fraction of sp³-hybridized carbons (Fsp3) is 0.250. The summed E-state index contributed by atoms with van der Waals surface area (Å²) >= 11 is 1.31. The first-order chi connectivity index (χ1) is 16.5. The van der Waals surface area contributed by atoms with Crippen molar-refractivity contribution in [2.45, 2.75) is 30.4 Å². The summed E-state index contributed by atoms with van der Waals surface area (Å²) in [4.78, 5) is 12.6. The number of hydrogen-bond acceptors (Lipinski definition) is 8. The number of carbonyl (C=O) groups excluding carboxylic acids is 1. The largest absolute Gasteiger partial charge is 0.493 e. The predicted molar refractivity (Wildman–Crippen MR) is 135 cm³/mol. The molecule has 0 saturated heterocycles. The van der Waals surface area contributed by atoms with Crippen molar-refractivity contribution in [1.29, 1.82) is 0 Å². The van der Waals surface area contributed by atoms with Gasteiger partial charge >= 0.3 is 0 Å². The molecule has 0 fully saturated rings. The highest BCUT2D eigenvalue weighted by molar-refractivity contribution is 8.00. The maximum absolute atomic E-state index is 12.6. The minimum atomic E-state index is -0.440. The van der Waals surface area contributed by atoms with Gasteiger partial charge in [-0.1, -0.05) is 36.0 Å². The van der Waals surface area contributed by atoms with Crippen LogP contribution in [0.5, 0.6) is 11.5 Å². The summed E-state index contributed by atoms with van der Waals surface area (Å²) in [7, 11) is 3.14. The highest BCUT2D eigenvalue weighted by Gasteiger charge is 2.19. The lowest BCUT2D eigenvalue weighted by Gasteiger charge is -2.12. The highest BCUT2D eigenvalue weighted by atomic mass is 32.2. The van der Waals surface area contributed by atoms with Gasteiger partial charge in [0, 0.05) is 12.2 Å². The van der Waals surface area contributed by atoms with Crippen LogP contribution in [0.15, 0.2) is 71.4 Å². The molecule has 2 N–H and O–H groups in total. The lowest BCUT2D eigenvalue weighted by molar-refractivity contribution is -0.120. The third kappa shape index (κ3) is 6.61. The molecule has 1 unspecified atom stereocenters. The molecule has 3 rings (SSSR count). The van der Waals surface area contributed by atoms with Crippen molar-refractivity contribution in [2.75, 3.05) is 19.5 Å². The normalized spacial score (nSPS) is 11.7. The molecule has 10 heteroatoms. The molecule has 0 spiro atoms. The van der Waals surface area contributed by atoms with Crippen LogP contribution in [0.2, 0.25) is 0 Å². The Kier molecular flexibility index (Phi) is 9.10. The molecule has 9 nitrogen and oxygen atoms in total. The second-order valence-electron chi connectivity index (χ2n) is 7.13. The molecule has 0 aliphatic rings. The number of thioether (sulfide) groups is 1. The van der Waals surface area contributed by atoms with Gasteiger partial charge in [-0.2, -0.15) is 5.10 Å². The summed E-state index contributed by atoms with van der Waals surface area (Å²) in [6.45, 7) is 6.65. The summed E-state index contributed by atoms with van der Waals surface area (Å²) in [6.07, 6.45) is 3.32. The van der Waals surface area contributed by atoms with Gasteiger partial charge in [-0.3, -0.25) is 4.79 Å². The van der Waals surface area contributed by atoms with E-state index in [0.717, 1.165) is 17.1 Å². The number of hydrogen-bond donors (Lipinski definition) is 2. The molecule has 0 bridgehead atoms. The minimum absolute atomic E-state index is 0.251. The van der Waals surface area contributed by atoms with Crippen molar-refractivity contribution in [3.05, 3.63) is 72.6 Å². The Morgan fingerprint density at radius 2 is 1.94 bits per heavy atom. The third-order valence-electron chi connectivity index (χ3n) is 4.78. The quantitative estimate of drug-likeness (QED) is 0.176. The summed E-state index contributed by atoms with van der Waals surface area (Å²) in [5.41, 5.74) is 4.32. The van der Waals surface area contributed by atoms with Crippen molar-refractivity contribution in [3.63, 3.8) is 0 Å². The number of anilines is 1. The van der Waals surface area contributed by atoms with Gasteiger partial charge in [0.1, 0.15) is 0 Å². The Hall–Kier alpha value is -3.79. The van der Waals surface area contributed by atoms with Gasteiger partial charge in [0.15, 0.2) is 22.5 Å². The molecule has 0 aliphatic heterocycles. The smallest absolute Gasteiger partial charge is 0.253 e. The lowest BCUT2D eigenvalue weighted by Crippen LogP contribution is -2.27. The van der Waals surface area contributed by atoms with E-state index in [1.807, 2.05) is 41.0 Å². The number of hydrazone groups is 1. The SMILES string of the molecule is C=CCn1c(CNc2ccccc2)nnc1SC(C)C(=O)NN=Cc1ccc(OC)c(OC)c1. The molecule has 0 saturated carbocycles. The number of ether oxygens (including phenoxy) is 2. The van der Waals surface area contributed by atoms with Gasteiger partial charge in [0.05, 0.1) is 32.2 Å². The van der Waals surface area contributed by atoms with E-state index in [9.17, 15) is 4.79 Å². The van der Waals surface area contributed by atoms with Crippen LogP contribution in [0, 0.1) is 0 Å². The molecule has 0 radical (unpaired) electrons. The average Bonchev–Trinajstić information content (AvgIpc) is 3.24. The standard InChI is InChI=1S/C24H28N6O3S/c1-5-13-30-22(16-25-19-9-7-6-8-10-19)27-29-24(30)34-17(2)23(31)28-26-15-18-11-12-20(32-3)21(14-18)33-4/h5-12,14-15,17,25H,1,13,16H2,2-4H3,(H,28,31). The first-order valence-electron chi connectivity index (χ1n) is 10.6. The van der Waals surface area contributed by atoms with Crippen LogP contribution in [0.1, 0.15) is 18.3 Å². The molecular weight excluding hydrogens is 452 g/mol. The molecular formula is C24H28N6O3S. The summed E-state index contributed by atoms with van der Waals surface area (Å²) < 4.78 is 12.4. The Morgan fingerprint density at radius 1 is 1.18 bits per heavy atom. The van der Waals surface area contributed by atoms with Gasteiger partial charge in [-0.25, -0.2) is 5.43 Å². The number of nitrogens with zero attached hydrogens (tertiary/aromatic N) is 4. The number of nitrogens with one attached hydrogen (secondary N) is 2. The second kappa shape index (κ2) is 12.4. The van der Waals surface area contributed by atoms with E-state index in [4.69, 9.17) is 9.47 Å². The molecule has 1 aromatic heterocycles. The summed E-state index contributed by atoms with van der Waals surface area (Å²) in [6, 6.07) is 15.2. The van der Waals surface area contributed by atoms with Crippen LogP contribution in [0.4, 0.5) is 5.69 Å². The van der Waals surface area contributed by atoms with E-state index in [1.165, 1.54) is 11.8 Å². The van der Waals surface area contributed by atoms with Crippen LogP contribution in [0.25, 0.3) is 0 Å². The molecule has 178 valence electrons. The van der Waals surface area contributed by atoms with Gasteiger partial charge in [0.2, 0.25) is 0 Å². The monoisotopic (exact) mass is 480 g/mol. The van der Waals surface area contributed by atoms with Crippen LogP contribution >= 0.6 is 11.8 Å². The number of methoxy groups -OCH3 is 2. The van der Waals surface area contributed by atoms with Gasteiger partial charge in [-0.05, 0) is 42.8 Å². The number of carbonyl (C=O) groups is 1. The zero-order valence-electron chi connectivity index (χ0n) is 19.4. The van der Waals surface area contributed by atoms with Crippen molar-refractivity contribution in [1.82, 2.24) is 20.2 Å². The lowest BCUT2D eigenvalue weighted by atomic mass is 10.2. The Bertz CT molecular complexity index is 1130. The Morgan fingerprint density at radius 3 is 2.65 bits per heavy atom. The number of benzene rings is 2. The minimum Gasteiger partial charge on any atom is -0.493 e.